The fourth-order valence-corrected chi connectivity index (χ4v) is 1.84. The average Bonchev–Trinajstić information content (AvgIpc) is 2.15. The molecule has 0 aromatic carbocycles. The Balaban J connectivity index is 3.27. The maximum atomic E-state index is 11.8. The second-order valence-corrected chi connectivity index (χ2v) is 4.74. The Kier molecular flexibility index (Phi) is 4.28. The van der Waals surface area contributed by atoms with E-state index in [1.54, 1.807) is 7.11 Å². The lowest BCUT2D eigenvalue weighted by Gasteiger charge is -2.19. The van der Waals surface area contributed by atoms with Gasteiger partial charge in [-0.1, -0.05) is 27.7 Å². The van der Waals surface area contributed by atoms with E-state index in [2.05, 4.69) is 9.97 Å². The van der Waals surface area contributed by atoms with Crippen molar-refractivity contribution < 1.29 is 9.84 Å². The third-order valence-corrected chi connectivity index (χ3v) is 2.66. The van der Waals surface area contributed by atoms with Gasteiger partial charge in [-0.3, -0.25) is 4.79 Å². The fourth-order valence-electron chi connectivity index (χ4n) is 1.84. The van der Waals surface area contributed by atoms with E-state index in [0.29, 0.717) is 11.4 Å². The summed E-state index contributed by atoms with van der Waals surface area (Å²) in [6.45, 7) is 7.59. The molecule has 0 spiro atoms. The molecule has 1 rings (SSSR count). The van der Waals surface area contributed by atoms with Crippen LogP contribution in [-0.2, 0) is 4.74 Å². The highest BCUT2D eigenvalue weighted by molar-refractivity contribution is 5.26. The number of nitrogens with one attached hydrogen (secondary N) is 1. The Labute approximate surface area is 101 Å². The minimum atomic E-state index is -0.324. The van der Waals surface area contributed by atoms with Gasteiger partial charge >= 0.3 is 0 Å². The minimum absolute atomic E-state index is 0.0691. The van der Waals surface area contributed by atoms with Crippen molar-refractivity contribution in [2.24, 2.45) is 5.92 Å². The molecule has 1 atom stereocenters. The van der Waals surface area contributed by atoms with E-state index >= 15 is 0 Å². The number of hydrogen-bond donors (Lipinski definition) is 2. The van der Waals surface area contributed by atoms with Crippen LogP contribution >= 0.6 is 0 Å². The van der Waals surface area contributed by atoms with E-state index in [0.717, 1.165) is 0 Å². The number of ether oxygens (including phenoxy) is 1. The Morgan fingerprint density at radius 1 is 1.29 bits per heavy atom. The molecule has 1 aromatic heterocycles. The molecule has 1 heterocycles. The molecule has 2 N–H and O–H groups in total. The van der Waals surface area contributed by atoms with Crippen LogP contribution in [0.1, 0.15) is 51.1 Å². The van der Waals surface area contributed by atoms with Gasteiger partial charge in [-0.05, 0) is 11.8 Å². The van der Waals surface area contributed by atoms with Crippen molar-refractivity contribution in [2.45, 2.75) is 39.7 Å². The Morgan fingerprint density at radius 3 is 2.24 bits per heavy atom. The molecule has 0 bridgehead atoms. The number of aromatic nitrogens is 2. The zero-order valence-electron chi connectivity index (χ0n) is 10.9. The number of methoxy groups -OCH3 is 1. The average molecular weight is 240 g/mol. The van der Waals surface area contributed by atoms with Crippen LogP contribution in [0.15, 0.2) is 4.79 Å². The van der Waals surface area contributed by atoms with Gasteiger partial charge in [0.25, 0.3) is 5.56 Å². The first-order valence-corrected chi connectivity index (χ1v) is 5.74. The van der Waals surface area contributed by atoms with Crippen LogP contribution < -0.4 is 5.56 Å². The number of rotatable bonds is 4. The predicted octanol–water partition coefficient (Wildman–Crippen LogP) is 1.94. The van der Waals surface area contributed by atoms with E-state index in [9.17, 15) is 9.90 Å². The normalized spacial score (nSPS) is 13.4. The quantitative estimate of drug-likeness (QED) is 0.843. The molecular weight excluding hydrogens is 220 g/mol. The summed E-state index contributed by atoms with van der Waals surface area (Å²) >= 11 is 0. The van der Waals surface area contributed by atoms with Crippen molar-refractivity contribution in [3.63, 3.8) is 0 Å². The number of nitrogens with zero attached hydrogens (tertiary/aromatic N) is 1. The SMILES string of the molecule is COC(c1nc(O)c(C(C)C)c(=O)[nH]1)C(C)C. The van der Waals surface area contributed by atoms with Gasteiger partial charge < -0.3 is 14.8 Å². The van der Waals surface area contributed by atoms with Crippen molar-refractivity contribution in [1.82, 2.24) is 9.97 Å². The number of aromatic hydroxyl groups is 1. The van der Waals surface area contributed by atoms with Gasteiger partial charge in [0, 0.05) is 7.11 Å². The highest BCUT2D eigenvalue weighted by Crippen LogP contribution is 2.25. The van der Waals surface area contributed by atoms with E-state index < -0.39 is 0 Å². The Morgan fingerprint density at radius 2 is 1.88 bits per heavy atom. The van der Waals surface area contributed by atoms with Gasteiger partial charge in [0.1, 0.15) is 11.9 Å². The molecule has 17 heavy (non-hydrogen) atoms. The van der Waals surface area contributed by atoms with Crippen molar-refractivity contribution in [3.05, 3.63) is 21.7 Å². The summed E-state index contributed by atoms with van der Waals surface area (Å²) in [6, 6.07) is 0. The zero-order chi connectivity index (χ0) is 13.2. The lowest BCUT2D eigenvalue weighted by molar-refractivity contribution is 0.0566. The van der Waals surface area contributed by atoms with Crippen LogP contribution in [0.2, 0.25) is 0 Å². The van der Waals surface area contributed by atoms with E-state index in [1.165, 1.54) is 0 Å². The molecule has 1 aromatic rings. The molecule has 0 aliphatic heterocycles. The molecule has 0 saturated carbocycles. The van der Waals surface area contributed by atoms with Crippen LogP contribution in [0.25, 0.3) is 0 Å². The van der Waals surface area contributed by atoms with Gasteiger partial charge in [0.15, 0.2) is 0 Å². The predicted molar refractivity (Wildman–Crippen MR) is 65.2 cm³/mol. The standard InChI is InChI=1S/C12H20N2O3/c1-6(2)8-11(15)13-10(14-12(8)16)9(17-5)7(3)4/h6-7,9H,1-5H3,(H2,13,14,15,16). The van der Waals surface area contributed by atoms with E-state index in [-0.39, 0.29) is 29.4 Å². The van der Waals surface area contributed by atoms with E-state index in [4.69, 9.17) is 4.74 Å². The minimum Gasteiger partial charge on any atom is -0.493 e. The smallest absolute Gasteiger partial charge is 0.258 e. The number of aromatic amines is 1. The van der Waals surface area contributed by atoms with Crippen LogP contribution in [0.5, 0.6) is 5.88 Å². The summed E-state index contributed by atoms with van der Waals surface area (Å²) in [7, 11) is 1.55. The topological polar surface area (TPSA) is 75.2 Å². The van der Waals surface area contributed by atoms with Gasteiger partial charge in [-0.15, -0.1) is 0 Å². The molecule has 0 fully saturated rings. The molecule has 0 amide bonds. The fraction of sp³-hybridized carbons (Fsp3) is 0.667. The van der Waals surface area contributed by atoms with Crippen molar-refractivity contribution in [2.75, 3.05) is 7.11 Å². The van der Waals surface area contributed by atoms with Crippen LogP contribution in [0, 0.1) is 5.92 Å². The summed E-state index contributed by atoms with van der Waals surface area (Å²) < 4.78 is 5.26. The van der Waals surface area contributed by atoms with Crippen LogP contribution in [0.4, 0.5) is 0 Å². The molecule has 0 radical (unpaired) electrons. The highest BCUT2D eigenvalue weighted by Gasteiger charge is 2.21. The molecule has 0 saturated heterocycles. The first-order valence-electron chi connectivity index (χ1n) is 5.74. The number of hydrogen-bond acceptors (Lipinski definition) is 4. The third-order valence-electron chi connectivity index (χ3n) is 2.66. The summed E-state index contributed by atoms with van der Waals surface area (Å²) in [5, 5.41) is 9.78. The maximum absolute atomic E-state index is 11.8. The summed E-state index contributed by atoms with van der Waals surface area (Å²) in [5.74, 6) is 0.253. The highest BCUT2D eigenvalue weighted by atomic mass is 16.5. The Hall–Kier alpha value is -1.36. The monoisotopic (exact) mass is 240 g/mol. The second kappa shape index (κ2) is 5.31. The zero-order valence-corrected chi connectivity index (χ0v) is 10.9. The molecular formula is C12H20N2O3. The number of H-pyrrole nitrogens is 1. The maximum Gasteiger partial charge on any atom is 0.258 e. The largest absolute Gasteiger partial charge is 0.493 e. The van der Waals surface area contributed by atoms with Gasteiger partial charge in [0.05, 0.1) is 5.56 Å². The third kappa shape index (κ3) is 2.85. The molecule has 5 heteroatoms. The second-order valence-electron chi connectivity index (χ2n) is 4.74. The van der Waals surface area contributed by atoms with Gasteiger partial charge in [0.2, 0.25) is 5.88 Å². The molecule has 0 aliphatic carbocycles. The van der Waals surface area contributed by atoms with Crippen molar-refractivity contribution in [1.29, 1.82) is 0 Å². The summed E-state index contributed by atoms with van der Waals surface area (Å²) in [6.07, 6.45) is -0.324. The summed E-state index contributed by atoms with van der Waals surface area (Å²) in [5.41, 5.74) is 0.0116. The lowest BCUT2D eigenvalue weighted by Crippen LogP contribution is -2.22. The van der Waals surface area contributed by atoms with Crippen LogP contribution in [-0.4, -0.2) is 22.2 Å². The van der Waals surface area contributed by atoms with Crippen molar-refractivity contribution >= 4 is 0 Å². The Bertz CT molecular complexity index is 438. The van der Waals surface area contributed by atoms with E-state index in [1.807, 2.05) is 27.7 Å². The molecule has 1 unspecified atom stereocenters. The lowest BCUT2D eigenvalue weighted by atomic mass is 10.0. The molecule has 5 nitrogen and oxygen atoms in total. The molecule has 0 aliphatic rings. The van der Waals surface area contributed by atoms with Crippen LogP contribution in [0.3, 0.4) is 0 Å². The van der Waals surface area contributed by atoms with Gasteiger partial charge in [-0.2, -0.15) is 4.98 Å². The van der Waals surface area contributed by atoms with Crippen molar-refractivity contribution in [3.8, 4) is 5.88 Å². The summed E-state index contributed by atoms with van der Waals surface area (Å²) in [4.78, 5) is 18.5. The molecule has 96 valence electrons. The first-order chi connectivity index (χ1) is 7.88. The first kappa shape index (κ1) is 13.7. The van der Waals surface area contributed by atoms with Gasteiger partial charge in [-0.25, -0.2) is 0 Å².